The van der Waals surface area contributed by atoms with Crippen molar-refractivity contribution < 1.29 is 14.3 Å². The van der Waals surface area contributed by atoms with Gasteiger partial charge in [0.05, 0.1) is 6.61 Å². The first-order valence-corrected chi connectivity index (χ1v) is 6.19. The SMILES string of the molecule is O=COCc1ccc(OCCc2ccccc2)cc1. The summed E-state index contributed by atoms with van der Waals surface area (Å²) in [6.07, 6.45) is 0.886. The third-order valence-electron chi connectivity index (χ3n) is 2.74. The molecule has 0 unspecified atom stereocenters. The molecule has 3 nitrogen and oxygen atoms in total. The molecule has 2 rings (SSSR count). The van der Waals surface area contributed by atoms with Crippen LogP contribution in [0.3, 0.4) is 0 Å². The third-order valence-corrected chi connectivity index (χ3v) is 2.74. The van der Waals surface area contributed by atoms with Gasteiger partial charge >= 0.3 is 0 Å². The molecular weight excluding hydrogens is 240 g/mol. The Kier molecular flexibility index (Phi) is 4.99. The molecule has 2 aromatic rings. The normalized spacial score (nSPS) is 9.89. The number of hydrogen-bond acceptors (Lipinski definition) is 3. The zero-order valence-corrected chi connectivity index (χ0v) is 10.6. The van der Waals surface area contributed by atoms with Crippen LogP contribution in [0.2, 0.25) is 0 Å². The molecular formula is C16H16O3. The Balaban J connectivity index is 1.78. The highest BCUT2D eigenvalue weighted by Crippen LogP contribution is 2.13. The van der Waals surface area contributed by atoms with E-state index >= 15 is 0 Å². The fourth-order valence-corrected chi connectivity index (χ4v) is 1.74. The summed E-state index contributed by atoms with van der Waals surface area (Å²) in [6.45, 7) is 1.40. The van der Waals surface area contributed by atoms with Crippen LogP contribution >= 0.6 is 0 Å². The lowest BCUT2D eigenvalue weighted by Gasteiger charge is -2.07. The summed E-state index contributed by atoms with van der Waals surface area (Å²) in [5.74, 6) is 0.825. The van der Waals surface area contributed by atoms with E-state index in [0.29, 0.717) is 19.7 Å². The zero-order chi connectivity index (χ0) is 13.3. The van der Waals surface area contributed by atoms with Gasteiger partial charge in [0.1, 0.15) is 12.4 Å². The molecule has 0 fully saturated rings. The monoisotopic (exact) mass is 256 g/mol. The molecule has 3 heteroatoms. The summed E-state index contributed by atoms with van der Waals surface area (Å²) in [6, 6.07) is 17.8. The molecule has 0 N–H and O–H groups in total. The van der Waals surface area contributed by atoms with Gasteiger partial charge in [0, 0.05) is 6.42 Å². The smallest absolute Gasteiger partial charge is 0.293 e. The van der Waals surface area contributed by atoms with Crippen molar-refractivity contribution in [1.29, 1.82) is 0 Å². The molecule has 0 saturated carbocycles. The number of carbonyl (C=O) groups is 1. The van der Waals surface area contributed by atoms with E-state index in [-0.39, 0.29) is 0 Å². The summed E-state index contributed by atoms with van der Waals surface area (Å²) in [5, 5.41) is 0. The maximum atomic E-state index is 10.1. The zero-order valence-electron chi connectivity index (χ0n) is 10.6. The molecule has 0 spiro atoms. The van der Waals surface area contributed by atoms with Crippen molar-refractivity contribution in [1.82, 2.24) is 0 Å². The highest BCUT2D eigenvalue weighted by Gasteiger charge is 1.97. The molecule has 0 atom stereocenters. The Hall–Kier alpha value is -2.29. The first-order valence-electron chi connectivity index (χ1n) is 6.19. The van der Waals surface area contributed by atoms with Gasteiger partial charge in [0.2, 0.25) is 0 Å². The minimum absolute atomic E-state index is 0.299. The molecule has 0 heterocycles. The van der Waals surface area contributed by atoms with E-state index in [2.05, 4.69) is 16.9 Å². The molecule has 0 saturated heterocycles. The largest absolute Gasteiger partial charge is 0.493 e. The van der Waals surface area contributed by atoms with Crippen molar-refractivity contribution in [3.63, 3.8) is 0 Å². The number of hydrogen-bond donors (Lipinski definition) is 0. The van der Waals surface area contributed by atoms with Gasteiger partial charge in [-0.1, -0.05) is 42.5 Å². The molecule has 19 heavy (non-hydrogen) atoms. The summed E-state index contributed by atoms with van der Waals surface area (Å²) < 4.78 is 10.3. The minimum atomic E-state index is 0.299. The molecule has 0 bridgehead atoms. The van der Waals surface area contributed by atoms with Gasteiger partial charge in [0.15, 0.2) is 0 Å². The van der Waals surface area contributed by atoms with Gasteiger partial charge in [-0.25, -0.2) is 0 Å². The van der Waals surface area contributed by atoms with E-state index in [4.69, 9.17) is 4.74 Å². The molecule has 2 aromatic carbocycles. The van der Waals surface area contributed by atoms with E-state index < -0.39 is 0 Å². The van der Waals surface area contributed by atoms with Gasteiger partial charge in [0.25, 0.3) is 6.47 Å². The van der Waals surface area contributed by atoms with Crippen LogP contribution in [0.5, 0.6) is 5.75 Å². The molecule has 0 aliphatic heterocycles. The number of ether oxygens (including phenoxy) is 2. The van der Waals surface area contributed by atoms with Crippen LogP contribution in [0.1, 0.15) is 11.1 Å². The Morgan fingerprint density at radius 1 is 0.895 bits per heavy atom. The van der Waals surface area contributed by atoms with Crippen LogP contribution in [0.25, 0.3) is 0 Å². The van der Waals surface area contributed by atoms with E-state index in [1.54, 1.807) is 0 Å². The average Bonchev–Trinajstić information content (AvgIpc) is 2.47. The van der Waals surface area contributed by atoms with Crippen LogP contribution in [-0.2, 0) is 22.6 Å². The Morgan fingerprint density at radius 2 is 1.63 bits per heavy atom. The van der Waals surface area contributed by atoms with E-state index in [9.17, 15) is 4.79 Å². The molecule has 0 aromatic heterocycles. The first-order chi connectivity index (χ1) is 9.38. The number of rotatable bonds is 7. The fourth-order valence-electron chi connectivity index (χ4n) is 1.74. The van der Waals surface area contributed by atoms with Crippen LogP contribution < -0.4 is 4.74 Å². The van der Waals surface area contributed by atoms with Crippen molar-refractivity contribution >= 4 is 6.47 Å². The van der Waals surface area contributed by atoms with E-state index in [1.807, 2.05) is 42.5 Å². The molecule has 0 radical (unpaired) electrons. The van der Waals surface area contributed by atoms with Crippen molar-refractivity contribution in [2.75, 3.05) is 6.61 Å². The Bertz CT molecular complexity index is 491. The predicted octanol–water partition coefficient (Wildman–Crippen LogP) is 2.98. The topological polar surface area (TPSA) is 35.5 Å². The van der Waals surface area contributed by atoms with Gasteiger partial charge in [-0.15, -0.1) is 0 Å². The second kappa shape index (κ2) is 7.21. The summed E-state index contributed by atoms with van der Waals surface area (Å²) in [7, 11) is 0. The van der Waals surface area contributed by atoms with E-state index in [0.717, 1.165) is 17.7 Å². The molecule has 98 valence electrons. The van der Waals surface area contributed by atoms with Gasteiger partial charge in [-0.3, -0.25) is 4.79 Å². The molecule has 0 aliphatic carbocycles. The lowest BCUT2D eigenvalue weighted by molar-refractivity contribution is -0.129. The standard InChI is InChI=1S/C16H16O3/c17-13-18-12-15-6-8-16(9-7-15)19-11-10-14-4-2-1-3-5-14/h1-9,13H,10-12H2. The average molecular weight is 256 g/mol. The van der Waals surface area contributed by atoms with Crippen molar-refractivity contribution in [2.24, 2.45) is 0 Å². The van der Waals surface area contributed by atoms with Gasteiger partial charge in [-0.2, -0.15) is 0 Å². The maximum Gasteiger partial charge on any atom is 0.293 e. The summed E-state index contributed by atoms with van der Waals surface area (Å²) in [4.78, 5) is 10.1. The van der Waals surface area contributed by atoms with E-state index in [1.165, 1.54) is 5.56 Å². The molecule has 0 amide bonds. The third kappa shape index (κ3) is 4.47. The van der Waals surface area contributed by atoms with Crippen LogP contribution in [0, 0.1) is 0 Å². The van der Waals surface area contributed by atoms with Crippen LogP contribution in [0.4, 0.5) is 0 Å². The first kappa shape index (κ1) is 13.1. The number of carbonyl (C=O) groups excluding carboxylic acids is 1. The fraction of sp³-hybridized carbons (Fsp3) is 0.188. The maximum absolute atomic E-state index is 10.1. The lowest BCUT2D eigenvalue weighted by Crippen LogP contribution is -2.01. The van der Waals surface area contributed by atoms with Crippen molar-refractivity contribution in [2.45, 2.75) is 13.0 Å². The van der Waals surface area contributed by atoms with Gasteiger partial charge in [-0.05, 0) is 23.3 Å². The second-order valence-corrected chi connectivity index (χ2v) is 4.14. The van der Waals surface area contributed by atoms with Crippen molar-refractivity contribution in [3.8, 4) is 5.75 Å². The lowest BCUT2D eigenvalue weighted by atomic mass is 10.2. The summed E-state index contributed by atoms with van der Waals surface area (Å²) >= 11 is 0. The Morgan fingerprint density at radius 3 is 2.32 bits per heavy atom. The predicted molar refractivity (Wildman–Crippen MR) is 72.9 cm³/mol. The number of benzene rings is 2. The Labute approximate surface area is 112 Å². The van der Waals surface area contributed by atoms with Crippen LogP contribution in [-0.4, -0.2) is 13.1 Å². The highest BCUT2D eigenvalue weighted by atomic mass is 16.5. The van der Waals surface area contributed by atoms with Crippen LogP contribution in [0.15, 0.2) is 54.6 Å². The quantitative estimate of drug-likeness (QED) is 0.714. The van der Waals surface area contributed by atoms with Crippen molar-refractivity contribution in [3.05, 3.63) is 65.7 Å². The molecule has 0 aliphatic rings. The van der Waals surface area contributed by atoms with Gasteiger partial charge < -0.3 is 9.47 Å². The summed E-state index contributed by atoms with van der Waals surface area (Å²) in [5.41, 5.74) is 2.21. The minimum Gasteiger partial charge on any atom is -0.493 e. The second-order valence-electron chi connectivity index (χ2n) is 4.14. The highest BCUT2D eigenvalue weighted by molar-refractivity contribution is 5.37.